The number of aromatic nitrogens is 1. The van der Waals surface area contributed by atoms with E-state index in [1.54, 1.807) is 31.3 Å². The second-order valence-corrected chi connectivity index (χ2v) is 11.7. The van der Waals surface area contributed by atoms with Gasteiger partial charge in [-0.1, -0.05) is 36.4 Å². The van der Waals surface area contributed by atoms with Gasteiger partial charge in [-0.05, 0) is 29.7 Å². The van der Waals surface area contributed by atoms with E-state index in [0.717, 1.165) is 11.6 Å². The Labute approximate surface area is 287 Å². The van der Waals surface area contributed by atoms with Gasteiger partial charge < -0.3 is 38.3 Å². The minimum absolute atomic E-state index is 0.0450. The number of anilines is 1. The molecule has 2 aliphatic rings. The first-order chi connectivity index (χ1) is 24.0. The van der Waals surface area contributed by atoms with Gasteiger partial charge in [0.1, 0.15) is 18.9 Å². The largest absolute Gasteiger partial charge is 0.493 e. The third-order valence-corrected chi connectivity index (χ3v) is 8.46. The smallest absolute Gasteiger partial charge is 0.411 e. The Balaban J connectivity index is 1.17. The van der Waals surface area contributed by atoms with Crippen molar-refractivity contribution in [3.63, 3.8) is 0 Å². The number of amides is 2. The first-order valence-electron chi connectivity index (χ1n) is 15.5. The lowest BCUT2D eigenvalue weighted by Crippen LogP contribution is -2.38. The molecule has 262 valence electrons. The molecule has 0 unspecified atom stereocenters. The number of ether oxygens (including phenoxy) is 5. The summed E-state index contributed by atoms with van der Waals surface area (Å²) in [6, 6.07) is 10.8. The van der Waals surface area contributed by atoms with Crippen molar-refractivity contribution < 1.29 is 52.8 Å². The number of carbonyl (C=O) groups excluding carboxylic acids is 5. The number of aliphatic hydroxyl groups excluding tert-OH is 1. The molecule has 2 N–H and O–H groups in total. The van der Waals surface area contributed by atoms with Gasteiger partial charge in [-0.3, -0.25) is 24.5 Å². The summed E-state index contributed by atoms with van der Waals surface area (Å²) in [6.07, 6.45) is 0.733. The molecule has 2 amide bonds. The van der Waals surface area contributed by atoms with Gasteiger partial charge in [-0.2, -0.15) is 0 Å². The maximum atomic E-state index is 13.6. The van der Waals surface area contributed by atoms with Crippen LogP contribution in [0.4, 0.5) is 10.5 Å². The number of esters is 1. The maximum Gasteiger partial charge on any atom is 0.411 e. The van der Waals surface area contributed by atoms with Crippen molar-refractivity contribution >= 4 is 35.2 Å². The summed E-state index contributed by atoms with van der Waals surface area (Å²) in [7, 11) is 5.78. The van der Waals surface area contributed by atoms with Crippen molar-refractivity contribution in [1.82, 2.24) is 9.47 Å². The van der Waals surface area contributed by atoms with Gasteiger partial charge in [0.05, 0.1) is 62.9 Å². The Bertz CT molecular complexity index is 1890. The zero-order valence-electron chi connectivity index (χ0n) is 28.1. The zero-order valence-corrected chi connectivity index (χ0v) is 28.1. The highest BCUT2D eigenvalue weighted by molar-refractivity contribution is 6.23. The molecule has 0 bridgehead atoms. The minimum atomic E-state index is -0.830. The zero-order chi connectivity index (χ0) is 36.1. The quantitative estimate of drug-likeness (QED) is 0.210. The lowest BCUT2D eigenvalue weighted by Gasteiger charge is -2.24. The highest BCUT2D eigenvalue weighted by Gasteiger charge is 2.33. The van der Waals surface area contributed by atoms with Gasteiger partial charge in [0.15, 0.2) is 17.3 Å². The molecule has 2 heterocycles. The molecule has 3 aromatic rings. The van der Waals surface area contributed by atoms with Crippen LogP contribution in [0.25, 0.3) is 0 Å². The number of aliphatic hydroxyl groups is 1. The molecule has 1 aliphatic carbocycles. The van der Waals surface area contributed by atoms with E-state index in [2.05, 4.69) is 11.9 Å². The van der Waals surface area contributed by atoms with Crippen molar-refractivity contribution in [2.75, 3.05) is 39.8 Å². The molecule has 14 nitrogen and oxygen atoms in total. The fourth-order valence-electron chi connectivity index (χ4n) is 5.82. The summed E-state index contributed by atoms with van der Waals surface area (Å²) in [5, 5.41) is 12.4. The summed E-state index contributed by atoms with van der Waals surface area (Å²) in [6.45, 7) is 3.71. The molecule has 0 saturated carbocycles. The van der Waals surface area contributed by atoms with Crippen molar-refractivity contribution in [3.8, 4) is 11.5 Å². The van der Waals surface area contributed by atoms with Crippen LogP contribution in [0.15, 0.2) is 66.5 Å². The van der Waals surface area contributed by atoms with Crippen molar-refractivity contribution in [2.45, 2.75) is 32.1 Å². The van der Waals surface area contributed by atoms with Crippen molar-refractivity contribution in [1.29, 1.82) is 0 Å². The fourth-order valence-corrected chi connectivity index (χ4v) is 5.82. The number of rotatable bonds is 12. The van der Waals surface area contributed by atoms with Crippen LogP contribution in [0.5, 0.6) is 11.5 Å². The average molecular weight is 688 g/mol. The van der Waals surface area contributed by atoms with Gasteiger partial charge in [0.2, 0.25) is 11.6 Å². The molecule has 0 spiro atoms. The van der Waals surface area contributed by atoms with Crippen LogP contribution in [0.2, 0.25) is 0 Å². The van der Waals surface area contributed by atoms with Crippen LogP contribution < -0.4 is 14.8 Å². The number of hydrogen-bond acceptors (Lipinski definition) is 11. The van der Waals surface area contributed by atoms with E-state index < -0.39 is 29.8 Å². The van der Waals surface area contributed by atoms with E-state index in [0.29, 0.717) is 23.2 Å². The number of ketones is 2. The van der Waals surface area contributed by atoms with E-state index >= 15 is 0 Å². The average Bonchev–Trinajstić information content (AvgIpc) is 3.67. The molecular weight excluding hydrogens is 650 g/mol. The number of allylic oxidation sites excluding steroid dienone is 2. The van der Waals surface area contributed by atoms with Crippen LogP contribution in [0, 0.1) is 0 Å². The van der Waals surface area contributed by atoms with Crippen LogP contribution in [0.3, 0.4) is 0 Å². The van der Waals surface area contributed by atoms with E-state index in [1.165, 1.54) is 49.0 Å². The highest BCUT2D eigenvalue weighted by atomic mass is 16.5. The van der Waals surface area contributed by atoms with Crippen LogP contribution in [0.1, 0.15) is 54.4 Å². The Morgan fingerprint density at radius 3 is 2.28 bits per heavy atom. The van der Waals surface area contributed by atoms with E-state index in [4.69, 9.17) is 23.7 Å². The Morgan fingerprint density at radius 2 is 1.62 bits per heavy atom. The monoisotopic (exact) mass is 687 g/mol. The molecule has 14 heteroatoms. The van der Waals surface area contributed by atoms with Crippen LogP contribution in [-0.2, 0) is 45.7 Å². The van der Waals surface area contributed by atoms with Crippen molar-refractivity contribution in [3.05, 3.63) is 100 Å². The summed E-state index contributed by atoms with van der Waals surface area (Å²) in [4.78, 5) is 65.5. The van der Waals surface area contributed by atoms with E-state index in [9.17, 15) is 29.1 Å². The van der Waals surface area contributed by atoms with Crippen LogP contribution in [-0.4, -0.2) is 84.6 Å². The SMILES string of the molecule is C=C1C[C@@H](CO)N(C(=O)c2cc(OC)c(OC)cc2NC(=O)OCc2ccc(CC(=O)OCc3cc4c(n3C)C(=O)C=C(OC)C4=O)cc2)C1. The number of nitrogens with zero attached hydrogens (tertiary/aromatic N) is 2. The first-order valence-corrected chi connectivity index (χ1v) is 15.5. The molecule has 50 heavy (non-hydrogen) atoms. The second kappa shape index (κ2) is 15.1. The summed E-state index contributed by atoms with van der Waals surface area (Å²) >= 11 is 0. The molecule has 1 saturated heterocycles. The molecule has 1 aromatic heterocycles. The van der Waals surface area contributed by atoms with E-state index in [1.807, 2.05) is 0 Å². The molecule has 2 aromatic carbocycles. The van der Waals surface area contributed by atoms with Gasteiger partial charge in [-0.25, -0.2) is 4.79 Å². The second-order valence-electron chi connectivity index (χ2n) is 11.7. The third kappa shape index (κ3) is 7.39. The molecule has 1 fully saturated rings. The Kier molecular flexibility index (Phi) is 10.7. The van der Waals surface area contributed by atoms with Gasteiger partial charge in [0, 0.05) is 25.7 Å². The summed E-state index contributed by atoms with van der Waals surface area (Å²) in [5.74, 6) is -1.23. The predicted molar refractivity (Wildman–Crippen MR) is 178 cm³/mol. The number of carbonyl (C=O) groups is 5. The lowest BCUT2D eigenvalue weighted by atomic mass is 10.0. The third-order valence-electron chi connectivity index (χ3n) is 8.46. The molecule has 5 rings (SSSR count). The number of methoxy groups -OCH3 is 3. The molecule has 1 atom stereocenters. The summed E-state index contributed by atoms with van der Waals surface area (Å²) < 4.78 is 28.1. The highest BCUT2D eigenvalue weighted by Crippen LogP contribution is 2.35. The number of Topliss-reactive ketones (excluding diaryl/α,β-unsaturated/α-hetero) is 1. The normalized spacial score (nSPS) is 15.3. The number of likely N-dealkylation sites (tertiary alicyclic amines) is 1. The predicted octanol–water partition coefficient (Wildman–Crippen LogP) is 3.75. The maximum absolute atomic E-state index is 13.6. The molecular formula is C36H37N3O11. The summed E-state index contributed by atoms with van der Waals surface area (Å²) in [5.41, 5.74) is 3.20. The standard InChI is InChI=1S/C36H37N3O11/c1-20-10-23(17-40)39(16-20)35(44)25-13-29(46-3)30(47-4)14-27(25)37-36(45)50-18-22-8-6-21(7-9-22)11-32(42)49-19-24-12-26-33(38(24)2)28(41)15-31(48-5)34(26)43/h6-9,12-15,23,40H,1,10-11,16-19H2,2-5H3,(H,37,45)/t23-/m0/s1. The molecule has 1 aliphatic heterocycles. The first kappa shape index (κ1) is 35.4. The number of fused-ring (bicyclic) bond motifs is 1. The van der Waals surface area contributed by atoms with Gasteiger partial charge in [-0.15, -0.1) is 0 Å². The number of nitrogens with one attached hydrogen (secondary N) is 1. The number of hydrogen-bond donors (Lipinski definition) is 2. The lowest BCUT2D eigenvalue weighted by molar-refractivity contribution is -0.144. The van der Waals surface area contributed by atoms with Gasteiger partial charge >= 0.3 is 12.1 Å². The van der Waals surface area contributed by atoms with Crippen molar-refractivity contribution in [2.24, 2.45) is 7.05 Å². The Morgan fingerprint density at radius 1 is 0.940 bits per heavy atom. The van der Waals surface area contributed by atoms with Crippen LogP contribution >= 0.6 is 0 Å². The Hall–Kier alpha value is -5.89. The van der Waals surface area contributed by atoms with E-state index in [-0.39, 0.29) is 78.3 Å². The molecule has 0 radical (unpaired) electrons. The van der Waals surface area contributed by atoms with Gasteiger partial charge in [0.25, 0.3) is 5.91 Å². The minimum Gasteiger partial charge on any atom is -0.493 e. The number of benzene rings is 2. The topological polar surface area (TPSA) is 172 Å². The fraction of sp³-hybridized carbons (Fsp3) is 0.306.